The highest BCUT2D eigenvalue weighted by molar-refractivity contribution is 5.96. The van der Waals surface area contributed by atoms with Crippen molar-refractivity contribution < 1.29 is 4.79 Å². The van der Waals surface area contributed by atoms with Crippen LogP contribution < -0.4 is 10.2 Å². The zero-order chi connectivity index (χ0) is 11.9. The lowest BCUT2D eigenvalue weighted by molar-refractivity contribution is -0.116. The predicted octanol–water partition coefficient (Wildman–Crippen LogP) is 1.34. The van der Waals surface area contributed by atoms with Gasteiger partial charge < -0.3 is 10.2 Å². The summed E-state index contributed by atoms with van der Waals surface area (Å²) in [7, 11) is 0. The second-order valence-corrected chi connectivity index (χ2v) is 4.84. The minimum absolute atomic E-state index is 0.0342. The Hall–Kier alpha value is -1.65. The molecule has 86 valence electrons. The second kappa shape index (κ2) is 3.43. The number of anilines is 2. The molecule has 2 heterocycles. The number of carbonyl (C=O) groups is 1. The summed E-state index contributed by atoms with van der Waals surface area (Å²) in [6.45, 7) is 8.22. The van der Waals surface area contributed by atoms with Gasteiger partial charge in [-0.3, -0.25) is 4.79 Å². The Morgan fingerprint density at radius 3 is 2.88 bits per heavy atom. The normalized spacial score (nSPS) is 17.6. The molecule has 1 aliphatic heterocycles. The van der Waals surface area contributed by atoms with Crippen LogP contribution in [0.1, 0.15) is 26.3 Å². The summed E-state index contributed by atoms with van der Waals surface area (Å²) in [6.07, 6.45) is 1.68. The van der Waals surface area contributed by atoms with Gasteiger partial charge >= 0.3 is 0 Å². The smallest absolute Gasteiger partial charge is 0.224 e. The Bertz CT molecular complexity index is 442. The molecule has 1 aromatic heterocycles. The van der Waals surface area contributed by atoms with Crippen LogP contribution in [0, 0.1) is 6.92 Å². The molecular weight excluding hydrogens is 204 g/mol. The van der Waals surface area contributed by atoms with Gasteiger partial charge in [0.2, 0.25) is 5.91 Å². The van der Waals surface area contributed by atoms with E-state index in [0.717, 1.165) is 11.3 Å². The van der Waals surface area contributed by atoms with E-state index in [9.17, 15) is 4.79 Å². The van der Waals surface area contributed by atoms with Crippen LogP contribution in [0.2, 0.25) is 0 Å². The highest BCUT2D eigenvalue weighted by Gasteiger charge is 2.33. The van der Waals surface area contributed by atoms with Crippen LogP contribution in [-0.2, 0) is 4.79 Å². The Labute approximate surface area is 94.9 Å². The molecule has 0 aromatic carbocycles. The van der Waals surface area contributed by atoms with Crippen molar-refractivity contribution in [1.29, 1.82) is 0 Å². The van der Waals surface area contributed by atoms with Gasteiger partial charge in [0, 0.05) is 13.5 Å². The number of hydrogen-bond donors (Lipinski definition) is 1. The van der Waals surface area contributed by atoms with E-state index in [1.807, 2.05) is 20.8 Å². The molecule has 0 atom stereocenters. The molecule has 0 spiro atoms. The van der Waals surface area contributed by atoms with Crippen LogP contribution >= 0.6 is 0 Å². The molecule has 5 nitrogen and oxygen atoms in total. The van der Waals surface area contributed by atoms with Crippen LogP contribution in [-0.4, -0.2) is 28.2 Å². The maximum absolute atomic E-state index is 11.7. The summed E-state index contributed by atoms with van der Waals surface area (Å²) in [5, 5.41) is 11.3. The van der Waals surface area contributed by atoms with Crippen molar-refractivity contribution in [2.24, 2.45) is 0 Å². The van der Waals surface area contributed by atoms with Gasteiger partial charge in [0.05, 0.1) is 17.4 Å². The summed E-state index contributed by atoms with van der Waals surface area (Å²) in [4.78, 5) is 13.4. The van der Waals surface area contributed by atoms with Crippen molar-refractivity contribution in [2.75, 3.05) is 16.8 Å². The number of aromatic nitrogens is 2. The number of hydrogen-bond acceptors (Lipinski definition) is 4. The van der Waals surface area contributed by atoms with E-state index in [0.29, 0.717) is 12.4 Å². The van der Waals surface area contributed by atoms with Crippen LogP contribution in [0.25, 0.3) is 0 Å². The average molecular weight is 220 g/mol. The maximum atomic E-state index is 11.7. The summed E-state index contributed by atoms with van der Waals surface area (Å²) >= 11 is 0. The molecule has 1 aliphatic rings. The van der Waals surface area contributed by atoms with Crippen molar-refractivity contribution in [1.82, 2.24) is 10.2 Å². The lowest BCUT2D eigenvalue weighted by Gasteiger charge is -2.39. The molecular formula is C11H16N4O. The van der Waals surface area contributed by atoms with Gasteiger partial charge in [-0.05, 0) is 26.3 Å². The van der Waals surface area contributed by atoms with Crippen molar-refractivity contribution in [3.8, 4) is 0 Å². The Balaban J connectivity index is 2.56. The van der Waals surface area contributed by atoms with Gasteiger partial charge in [0.25, 0.3) is 0 Å². The third-order valence-electron chi connectivity index (χ3n) is 2.67. The first kappa shape index (κ1) is 10.9. The van der Waals surface area contributed by atoms with E-state index < -0.39 is 0 Å². The largest absolute Gasteiger partial charge is 0.360 e. The first-order chi connectivity index (χ1) is 7.41. The maximum Gasteiger partial charge on any atom is 0.224 e. The number of aryl methyl sites for hydroxylation is 1. The summed E-state index contributed by atoms with van der Waals surface area (Å²) in [6, 6.07) is 0. The highest BCUT2D eigenvalue weighted by Crippen LogP contribution is 2.34. The summed E-state index contributed by atoms with van der Waals surface area (Å²) < 4.78 is 0. The lowest BCUT2D eigenvalue weighted by atomic mass is 10.0. The quantitative estimate of drug-likeness (QED) is 0.717. The van der Waals surface area contributed by atoms with Crippen molar-refractivity contribution in [2.45, 2.75) is 33.2 Å². The number of nitrogens with zero attached hydrogens (tertiary/aromatic N) is 3. The van der Waals surface area contributed by atoms with Crippen LogP contribution in [0.4, 0.5) is 11.5 Å². The molecule has 0 aliphatic carbocycles. The predicted molar refractivity (Wildman–Crippen MR) is 62.5 cm³/mol. The van der Waals surface area contributed by atoms with Crippen LogP contribution in [0.5, 0.6) is 0 Å². The number of nitrogens with one attached hydrogen (secondary N) is 1. The van der Waals surface area contributed by atoms with Crippen molar-refractivity contribution in [3.63, 3.8) is 0 Å². The first-order valence-electron chi connectivity index (χ1n) is 5.29. The molecule has 0 saturated heterocycles. The molecule has 5 heteroatoms. The highest BCUT2D eigenvalue weighted by atomic mass is 16.2. The van der Waals surface area contributed by atoms with E-state index in [2.05, 4.69) is 15.5 Å². The number of rotatable bonds is 0. The zero-order valence-electron chi connectivity index (χ0n) is 10.0. The summed E-state index contributed by atoms with van der Waals surface area (Å²) in [5.74, 6) is 0.721. The molecule has 0 saturated carbocycles. The molecule has 2 rings (SSSR count). The van der Waals surface area contributed by atoms with Gasteiger partial charge in [-0.2, -0.15) is 5.10 Å². The molecule has 1 aromatic rings. The van der Waals surface area contributed by atoms with Gasteiger partial charge in [-0.1, -0.05) is 0 Å². The van der Waals surface area contributed by atoms with E-state index in [1.54, 1.807) is 18.0 Å². The first-order valence-corrected chi connectivity index (χ1v) is 5.29. The van der Waals surface area contributed by atoms with Gasteiger partial charge in [0.15, 0.2) is 5.82 Å². The molecule has 0 unspecified atom stereocenters. The fraction of sp³-hybridized carbons (Fsp3) is 0.545. The van der Waals surface area contributed by atoms with Gasteiger partial charge in [-0.25, -0.2) is 0 Å². The number of carbonyl (C=O) groups excluding carboxylic acids is 1. The average Bonchev–Trinajstić information content (AvgIpc) is 2.14. The standard InChI is InChI=1S/C11H16N4O/c1-7-5-12-14-10-9(7)15(8(2)16)6-11(3,4)13-10/h5H,6H2,1-4H3,(H,13,14). The molecule has 16 heavy (non-hydrogen) atoms. The van der Waals surface area contributed by atoms with E-state index in [-0.39, 0.29) is 11.4 Å². The fourth-order valence-electron chi connectivity index (χ4n) is 2.00. The monoisotopic (exact) mass is 220 g/mol. The Morgan fingerprint density at radius 1 is 1.56 bits per heavy atom. The van der Waals surface area contributed by atoms with Gasteiger partial charge in [-0.15, -0.1) is 5.10 Å². The Kier molecular flexibility index (Phi) is 2.33. The van der Waals surface area contributed by atoms with Crippen molar-refractivity contribution in [3.05, 3.63) is 11.8 Å². The lowest BCUT2D eigenvalue weighted by Crippen LogP contribution is -2.50. The topological polar surface area (TPSA) is 58.1 Å². The fourth-order valence-corrected chi connectivity index (χ4v) is 2.00. The molecule has 0 bridgehead atoms. The van der Waals surface area contributed by atoms with Gasteiger partial charge in [0.1, 0.15) is 0 Å². The number of fused-ring (bicyclic) bond motifs is 1. The van der Waals surface area contributed by atoms with E-state index in [4.69, 9.17) is 0 Å². The molecule has 1 N–H and O–H groups in total. The minimum Gasteiger partial charge on any atom is -0.360 e. The second-order valence-electron chi connectivity index (χ2n) is 4.84. The Morgan fingerprint density at radius 2 is 2.25 bits per heavy atom. The third-order valence-corrected chi connectivity index (χ3v) is 2.67. The molecule has 0 fully saturated rings. The zero-order valence-corrected chi connectivity index (χ0v) is 10.0. The van der Waals surface area contributed by atoms with Crippen LogP contribution in [0.3, 0.4) is 0 Å². The SMILES string of the molecule is CC(=O)N1CC(C)(C)Nc2nncc(C)c21. The number of amides is 1. The third kappa shape index (κ3) is 1.73. The van der Waals surface area contributed by atoms with E-state index >= 15 is 0 Å². The van der Waals surface area contributed by atoms with E-state index in [1.165, 1.54) is 0 Å². The minimum atomic E-state index is -0.179. The van der Waals surface area contributed by atoms with Crippen LogP contribution in [0.15, 0.2) is 6.20 Å². The summed E-state index contributed by atoms with van der Waals surface area (Å²) in [5.41, 5.74) is 1.63. The molecule has 0 radical (unpaired) electrons. The van der Waals surface area contributed by atoms with Crippen molar-refractivity contribution >= 4 is 17.4 Å². The molecule has 1 amide bonds.